The number of phenolic OH excluding ortho intramolecular Hbond substituents is 1. The Hall–Kier alpha value is -1.86. The molecule has 0 atom stereocenters. The van der Waals surface area contributed by atoms with Crippen molar-refractivity contribution in [3.8, 4) is 11.5 Å². The molecule has 0 aliphatic rings. The maximum absolute atomic E-state index is 10.7. The molecule has 7 heteroatoms. The van der Waals surface area contributed by atoms with Gasteiger partial charge >= 0.3 is 5.97 Å². The lowest BCUT2D eigenvalue weighted by Crippen LogP contribution is -1.89. The van der Waals surface area contributed by atoms with Crippen LogP contribution < -0.4 is 4.74 Å². The van der Waals surface area contributed by atoms with Gasteiger partial charge in [-0.3, -0.25) is 0 Å². The standard InChI is InChI=1S/C13H10BrNO4S/c1-19-9-5-7(4-8(14)12(9)16)2-3-11-15-6-10(20-11)13(17)18/h2-6,16H,1H3,(H,17,18)/b3-2-. The molecule has 0 aliphatic carbocycles. The van der Waals surface area contributed by atoms with Crippen molar-refractivity contribution in [1.29, 1.82) is 0 Å². The Morgan fingerprint density at radius 2 is 2.20 bits per heavy atom. The lowest BCUT2D eigenvalue weighted by Gasteiger charge is -2.06. The molecule has 20 heavy (non-hydrogen) atoms. The first kappa shape index (κ1) is 14.5. The Morgan fingerprint density at radius 1 is 1.45 bits per heavy atom. The molecule has 1 aromatic heterocycles. The molecule has 0 bridgehead atoms. The van der Waals surface area contributed by atoms with Gasteiger partial charge in [0, 0.05) is 0 Å². The second-order valence-electron chi connectivity index (χ2n) is 3.75. The van der Waals surface area contributed by atoms with Gasteiger partial charge in [-0.25, -0.2) is 9.78 Å². The third-order valence-corrected chi connectivity index (χ3v) is 3.98. The van der Waals surface area contributed by atoms with E-state index in [4.69, 9.17) is 9.84 Å². The third-order valence-electron chi connectivity index (χ3n) is 2.42. The lowest BCUT2D eigenvalue weighted by atomic mass is 10.2. The van der Waals surface area contributed by atoms with Crippen molar-refractivity contribution in [1.82, 2.24) is 4.98 Å². The number of aromatic carboxylic acids is 1. The van der Waals surface area contributed by atoms with Crippen LogP contribution in [0.1, 0.15) is 20.2 Å². The van der Waals surface area contributed by atoms with Crippen molar-refractivity contribution < 1.29 is 19.7 Å². The molecule has 0 radical (unpaired) electrons. The largest absolute Gasteiger partial charge is 0.503 e. The van der Waals surface area contributed by atoms with E-state index in [0.29, 0.717) is 15.2 Å². The number of benzene rings is 1. The lowest BCUT2D eigenvalue weighted by molar-refractivity contribution is 0.0702. The van der Waals surface area contributed by atoms with Gasteiger partial charge in [0.15, 0.2) is 11.5 Å². The second kappa shape index (κ2) is 6.06. The average molecular weight is 356 g/mol. The number of rotatable bonds is 4. The number of ether oxygens (including phenoxy) is 1. The van der Waals surface area contributed by atoms with Gasteiger partial charge in [0.2, 0.25) is 0 Å². The minimum Gasteiger partial charge on any atom is -0.503 e. The number of phenols is 1. The third kappa shape index (κ3) is 3.17. The van der Waals surface area contributed by atoms with E-state index in [-0.39, 0.29) is 10.6 Å². The highest BCUT2D eigenvalue weighted by Gasteiger charge is 2.08. The fourth-order valence-corrected chi connectivity index (χ4v) is 2.60. The number of carboxylic acid groups (broad SMARTS) is 1. The van der Waals surface area contributed by atoms with Crippen molar-refractivity contribution >= 4 is 45.4 Å². The molecular formula is C13H10BrNO4S. The predicted octanol–water partition coefficient (Wildman–Crippen LogP) is 3.49. The number of halogens is 1. The average Bonchev–Trinajstić information content (AvgIpc) is 2.89. The van der Waals surface area contributed by atoms with Gasteiger partial charge in [-0.05, 0) is 39.7 Å². The number of hydrogen-bond acceptors (Lipinski definition) is 5. The van der Waals surface area contributed by atoms with Crippen LogP contribution in [0.15, 0.2) is 22.8 Å². The topological polar surface area (TPSA) is 79.7 Å². The molecule has 0 aliphatic heterocycles. The minimum atomic E-state index is -0.990. The highest BCUT2D eigenvalue weighted by Crippen LogP contribution is 2.35. The Labute approximate surface area is 127 Å². The van der Waals surface area contributed by atoms with Crippen LogP contribution in [0.3, 0.4) is 0 Å². The van der Waals surface area contributed by atoms with E-state index in [9.17, 15) is 9.90 Å². The molecule has 0 unspecified atom stereocenters. The molecule has 0 spiro atoms. The highest BCUT2D eigenvalue weighted by atomic mass is 79.9. The maximum atomic E-state index is 10.7. The summed E-state index contributed by atoms with van der Waals surface area (Å²) in [5.41, 5.74) is 0.790. The Balaban J connectivity index is 2.26. The van der Waals surface area contributed by atoms with Crippen molar-refractivity contribution in [3.63, 3.8) is 0 Å². The second-order valence-corrected chi connectivity index (χ2v) is 5.67. The molecule has 2 N–H and O–H groups in total. The number of aromatic nitrogens is 1. The molecule has 0 saturated carbocycles. The van der Waals surface area contributed by atoms with Crippen LogP contribution in [0.4, 0.5) is 0 Å². The summed E-state index contributed by atoms with van der Waals surface area (Å²) in [4.78, 5) is 14.9. The molecule has 1 aromatic carbocycles. The SMILES string of the molecule is COc1cc(/C=C\c2ncc(C(=O)O)s2)cc(Br)c1O. The first-order chi connectivity index (χ1) is 9.51. The van der Waals surface area contributed by atoms with Crippen LogP contribution >= 0.6 is 27.3 Å². The van der Waals surface area contributed by atoms with E-state index in [1.165, 1.54) is 13.3 Å². The van der Waals surface area contributed by atoms with Gasteiger partial charge in [0.25, 0.3) is 0 Å². The Morgan fingerprint density at radius 3 is 2.80 bits per heavy atom. The molecular weight excluding hydrogens is 346 g/mol. The number of aromatic hydroxyl groups is 1. The van der Waals surface area contributed by atoms with Crippen LogP contribution in [0.5, 0.6) is 11.5 Å². The molecule has 0 saturated heterocycles. The van der Waals surface area contributed by atoms with E-state index in [1.54, 1.807) is 24.3 Å². The number of thiazole rings is 1. The van der Waals surface area contributed by atoms with E-state index in [0.717, 1.165) is 16.9 Å². The summed E-state index contributed by atoms with van der Waals surface area (Å²) in [5, 5.41) is 19.1. The van der Waals surface area contributed by atoms with E-state index >= 15 is 0 Å². The van der Waals surface area contributed by atoms with Crippen LogP contribution in [0.25, 0.3) is 12.2 Å². The summed E-state index contributed by atoms with van der Waals surface area (Å²) in [6, 6.07) is 3.39. The molecule has 0 fully saturated rings. The first-order valence-electron chi connectivity index (χ1n) is 5.45. The van der Waals surface area contributed by atoms with Crippen molar-refractivity contribution in [2.75, 3.05) is 7.11 Å². The van der Waals surface area contributed by atoms with Gasteiger partial charge in [-0.15, -0.1) is 11.3 Å². The van der Waals surface area contributed by atoms with Crippen molar-refractivity contribution in [3.05, 3.63) is 38.3 Å². The van der Waals surface area contributed by atoms with Crippen LogP contribution in [-0.4, -0.2) is 28.3 Å². The van der Waals surface area contributed by atoms with Gasteiger partial charge in [-0.1, -0.05) is 6.08 Å². The van der Waals surface area contributed by atoms with E-state index in [2.05, 4.69) is 20.9 Å². The summed E-state index contributed by atoms with van der Waals surface area (Å²) < 4.78 is 5.57. The molecule has 0 amide bonds. The smallest absolute Gasteiger partial charge is 0.347 e. The normalized spacial score (nSPS) is 10.9. The first-order valence-corrected chi connectivity index (χ1v) is 7.06. The highest BCUT2D eigenvalue weighted by molar-refractivity contribution is 9.10. The number of hydrogen-bond donors (Lipinski definition) is 2. The van der Waals surface area contributed by atoms with Gasteiger partial charge < -0.3 is 14.9 Å². The molecule has 5 nitrogen and oxygen atoms in total. The van der Waals surface area contributed by atoms with Crippen LogP contribution in [-0.2, 0) is 0 Å². The fourth-order valence-electron chi connectivity index (χ4n) is 1.48. The number of carbonyl (C=O) groups is 1. The molecule has 2 aromatic rings. The monoisotopic (exact) mass is 355 g/mol. The predicted molar refractivity (Wildman–Crippen MR) is 80.4 cm³/mol. The summed E-state index contributed by atoms with van der Waals surface area (Å²) >= 11 is 4.32. The fraction of sp³-hybridized carbons (Fsp3) is 0.0769. The molecule has 2 rings (SSSR count). The van der Waals surface area contributed by atoms with Gasteiger partial charge in [-0.2, -0.15) is 0 Å². The quantitative estimate of drug-likeness (QED) is 0.877. The zero-order chi connectivity index (χ0) is 14.7. The number of carboxylic acids is 1. The summed E-state index contributed by atoms with van der Waals surface area (Å²) in [6.07, 6.45) is 4.78. The van der Waals surface area contributed by atoms with Gasteiger partial charge in [0.1, 0.15) is 9.88 Å². The van der Waals surface area contributed by atoms with Crippen LogP contribution in [0, 0.1) is 0 Å². The number of nitrogens with zero attached hydrogens (tertiary/aromatic N) is 1. The molecule has 1 heterocycles. The van der Waals surface area contributed by atoms with Crippen molar-refractivity contribution in [2.24, 2.45) is 0 Å². The van der Waals surface area contributed by atoms with Crippen molar-refractivity contribution in [2.45, 2.75) is 0 Å². The summed E-state index contributed by atoms with van der Waals surface area (Å²) in [6.45, 7) is 0. The van der Waals surface area contributed by atoms with E-state index in [1.807, 2.05) is 0 Å². The molecule has 104 valence electrons. The summed E-state index contributed by atoms with van der Waals surface area (Å²) in [7, 11) is 1.47. The number of methoxy groups -OCH3 is 1. The minimum absolute atomic E-state index is 0.0343. The zero-order valence-electron chi connectivity index (χ0n) is 10.3. The zero-order valence-corrected chi connectivity index (χ0v) is 12.7. The van der Waals surface area contributed by atoms with E-state index < -0.39 is 5.97 Å². The summed E-state index contributed by atoms with van der Waals surface area (Å²) in [5.74, 6) is -0.604. The Bertz CT molecular complexity index is 681. The van der Waals surface area contributed by atoms with Gasteiger partial charge in [0.05, 0.1) is 17.8 Å². The Kier molecular flexibility index (Phi) is 4.41. The maximum Gasteiger partial charge on any atom is 0.347 e. The van der Waals surface area contributed by atoms with Crippen LogP contribution in [0.2, 0.25) is 0 Å².